The number of carbonyl (C=O) groups is 3. The van der Waals surface area contributed by atoms with Crippen molar-refractivity contribution in [2.45, 2.75) is 131 Å². The molecule has 1 amide bonds. The Bertz CT molecular complexity index is 958. The standard InChI is InChI=1S/C18H23NO3S.C11H21NO2.C2H6/c1-18(2,3)10-9-13-11-14(15(23-13)17(21)22)19-16(20)12-7-5-4-6-8-12;1-2-6-10(12)11(13)14-9-7-4-3-5-8-9;1-2/h11-12H,4-8H2,1-3H3,(H,19,20)(H,21,22);9-10H,2-8,12H2,1H3;1-2H3. The largest absolute Gasteiger partial charge is 0.477 e. The topological polar surface area (TPSA) is 119 Å². The van der Waals surface area contributed by atoms with E-state index >= 15 is 0 Å². The summed E-state index contributed by atoms with van der Waals surface area (Å²) in [4.78, 5) is 36.0. The number of carbonyl (C=O) groups excluding carboxylic acids is 2. The molecule has 1 aromatic heterocycles. The fourth-order valence-electron chi connectivity index (χ4n) is 4.42. The molecule has 8 heteroatoms. The van der Waals surface area contributed by atoms with E-state index in [1.807, 2.05) is 41.5 Å². The number of esters is 1. The SMILES string of the molecule is CC.CC(C)(C)C#Cc1cc(NC(=O)C2CCCCC2)c(C(=O)O)s1.CCCC(N)C(=O)OC1CCCCC1. The number of rotatable bonds is 7. The maximum atomic E-state index is 12.3. The van der Waals surface area contributed by atoms with Crippen LogP contribution in [0.2, 0.25) is 0 Å². The van der Waals surface area contributed by atoms with E-state index in [-0.39, 0.29) is 34.2 Å². The van der Waals surface area contributed by atoms with E-state index in [1.54, 1.807) is 6.07 Å². The van der Waals surface area contributed by atoms with Crippen molar-refractivity contribution in [3.8, 4) is 11.8 Å². The highest BCUT2D eigenvalue weighted by atomic mass is 32.1. The number of carboxylic acid groups (broad SMARTS) is 1. The summed E-state index contributed by atoms with van der Waals surface area (Å²) in [5.74, 6) is 4.78. The molecule has 39 heavy (non-hydrogen) atoms. The normalized spacial score (nSPS) is 16.7. The number of ether oxygens (including phenoxy) is 1. The summed E-state index contributed by atoms with van der Waals surface area (Å²) in [6, 6.07) is 1.26. The number of hydrogen-bond donors (Lipinski definition) is 3. The number of carboxylic acids is 1. The lowest BCUT2D eigenvalue weighted by molar-refractivity contribution is -0.152. The molecule has 1 heterocycles. The van der Waals surface area contributed by atoms with Crippen molar-refractivity contribution in [3.63, 3.8) is 0 Å². The first-order valence-corrected chi connectivity index (χ1v) is 15.5. The van der Waals surface area contributed by atoms with Crippen LogP contribution in [0.15, 0.2) is 6.07 Å². The number of nitrogens with one attached hydrogen (secondary N) is 1. The Morgan fingerprint density at radius 1 is 1.08 bits per heavy atom. The molecule has 1 unspecified atom stereocenters. The van der Waals surface area contributed by atoms with Gasteiger partial charge in [-0.1, -0.05) is 64.7 Å². The van der Waals surface area contributed by atoms with Crippen molar-refractivity contribution in [2.75, 3.05) is 5.32 Å². The minimum atomic E-state index is -1.03. The average Bonchev–Trinajstić information content (AvgIpc) is 3.33. The number of nitrogens with two attached hydrogens (primary N) is 1. The summed E-state index contributed by atoms with van der Waals surface area (Å²) in [5.41, 5.74) is 5.89. The minimum Gasteiger partial charge on any atom is -0.477 e. The van der Waals surface area contributed by atoms with Crippen LogP contribution in [0.5, 0.6) is 0 Å². The molecular weight excluding hydrogens is 512 g/mol. The van der Waals surface area contributed by atoms with Gasteiger partial charge in [0.25, 0.3) is 0 Å². The van der Waals surface area contributed by atoms with Gasteiger partial charge in [-0.25, -0.2) is 4.79 Å². The Hall–Kier alpha value is -2.37. The summed E-state index contributed by atoms with van der Waals surface area (Å²) >= 11 is 1.11. The molecule has 2 aliphatic carbocycles. The van der Waals surface area contributed by atoms with Crippen LogP contribution >= 0.6 is 11.3 Å². The monoisotopic (exact) mass is 562 g/mol. The van der Waals surface area contributed by atoms with Gasteiger partial charge in [-0.3, -0.25) is 9.59 Å². The summed E-state index contributed by atoms with van der Waals surface area (Å²) in [7, 11) is 0. The van der Waals surface area contributed by atoms with Crippen LogP contribution in [-0.4, -0.2) is 35.1 Å². The van der Waals surface area contributed by atoms with Gasteiger partial charge in [0.15, 0.2) is 0 Å². The van der Waals surface area contributed by atoms with Gasteiger partial charge in [0.2, 0.25) is 5.91 Å². The number of thiophene rings is 1. The fourth-order valence-corrected chi connectivity index (χ4v) is 5.22. The van der Waals surface area contributed by atoms with Crippen LogP contribution in [0.1, 0.15) is 133 Å². The molecule has 4 N–H and O–H groups in total. The molecule has 0 bridgehead atoms. The van der Waals surface area contributed by atoms with Crippen LogP contribution < -0.4 is 11.1 Å². The first-order valence-electron chi connectivity index (χ1n) is 14.7. The third kappa shape index (κ3) is 13.5. The molecule has 0 saturated heterocycles. The van der Waals surface area contributed by atoms with Crippen LogP contribution in [0.25, 0.3) is 0 Å². The van der Waals surface area contributed by atoms with Gasteiger partial charge in [-0.15, -0.1) is 11.3 Å². The Balaban J connectivity index is 0.000000407. The summed E-state index contributed by atoms with van der Waals surface area (Å²) in [6.45, 7) is 12.0. The van der Waals surface area contributed by atoms with Gasteiger partial charge in [-0.2, -0.15) is 0 Å². The van der Waals surface area contributed by atoms with Gasteiger partial charge >= 0.3 is 11.9 Å². The van der Waals surface area contributed by atoms with Gasteiger partial charge in [0.05, 0.1) is 10.6 Å². The minimum absolute atomic E-state index is 0.00518. The molecule has 0 aromatic carbocycles. The van der Waals surface area contributed by atoms with Crippen molar-refractivity contribution in [3.05, 3.63) is 15.8 Å². The molecule has 0 aliphatic heterocycles. The summed E-state index contributed by atoms with van der Waals surface area (Å²) in [6.07, 6.45) is 12.5. The van der Waals surface area contributed by atoms with Gasteiger partial charge in [0.1, 0.15) is 17.0 Å². The molecule has 2 saturated carbocycles. The Kier molecular flexibility index (Phi) is 16.1. The van der Waals surface area contributed by atoms with Crippen LogP contribution in [0, 0.1) is 23.2 Å². The molecule has 0 radical (unpaired) electrons. The second-order valence-electron chi connectivity index (χ2n) is 11.1. The molecule has 1 atom stereocenters. The molecule has 3 rings (SSSR count). The molecule has 0 spiro atoms. The highest BCUT2D eigenvalue weighted by Gasteiger charge is 2.24. The average molecular weight is 563 g/mol. The van der Waals surface area contributed by atoms with Crippen LogP contribution in [0.4, 0.5) is 5.69 Å². The lowest BCUT2D eigenvalue weighted by atomic mass is 9.88. The summed E-state index contributed by atoms with van der Waals surface area (Å²) in [5, 5.41) is 12.1. The predicted molar refractivity (Wildman–Crippen MR) is 160 cm³/mol. The first-order chi connectivity index (χ1) is 18.5. The Morgan fingerprint density at radius 2 is 1.64 bits per heavy atom. The van der Waals surface area contributed by atoms with Gasteiger partial charge < -0.3 is 20.9 Å². The van der Waals surface area contributed by atoms with Gasteiger partial charge in [0, 0.05) is 11.3 Å². The second-order valence-corrected chi connectivity index (χ2v) is 12.1. The lowest BCUT2D eigenvalue weighted by Gasteiger charge is -2.23. The zero-order valence-corrected chi connectivity index (χ0v) is 25.7. The number of aromatic carboxylic acids is 1. The van der Waals surface area contributed by atoms with Crippen molar-refractivity contribution in [2.24, 2.45) is 17.1 Å². The zero-order valence-electron chi connectivity index (χ0n) is 24.9. The van der Waals surface area contributed by atoms with E-state index in [4.69, 9.17) is 10.5 Å². The molecule has 2 aliphatic rings. The van der Waals surface area contributed by atoms with Crippen LogP contribution in [-0.2, 0) is 14.3 Å². The maximum Gasteiger partial charge on any atom is 0.348 e. The van der Waals surface area contributed by atoms with Crippen molar-refractivity contribution < 1.29 is 24.2 Å². The van der Waals surface area contributed by atoms with E-state index in [1.165, 1.54) is 25.7 Å². The van der Waals surface area contributed by atoms with Gasteiger partial charge in [-0.05, 0) is 71.8 Å². The Morgan fingerprint density at radius 3 is 2.15 bits per heavy atom. The smallest absolute Gasteiger partial charge is 0.348 e. The molecule has 1 aromatic rings. The molecule has 2 fully saturated rings. The van der Waals surface area contributed by atoms with E-state index in [9.17, 15) is 19.5 Å². The highest BCUT2D eigenvalue weighted by molar-refractivity contribution is 7.15. The van der Waals surface area contributed by atoms with Crippen LogP contribution in [0.3, 0.4) is 0 Å². The predicted octanol–water partition coefficient (Wildman–Crippen LogP) is 7.38. The molecule has 7 nitrogen and oxygen atoms in total. The number of hydrogen-bond acceptors (Lipinski definition) is 6. The lowest BCUT2D eigenvalue weighted by Crippen LogP contribution is -2.35. The third-order valence-electron chi connectivity index (χ3n) is 6.46. The summed E-state index contributed by atoms with van der Waals surface area (Å²) < 4.78 is 5.34. The first kappa shape index (κ1) is 34.7. The van der Waals surface area contributed by atoms with Crippen molar-refractivity contribution in [1.29, 1.82) is 0 Å². The highest BCUT2D eigenvalue weighted by Crippen LogP contribution is 2.30. The number of anilines is 1. The van der Waals surface area contributed by atoms with Crippen molar-refractivity contribution >= 4 is 34.9 Å². The maximum absolute atomic E-state index is 12.3. The second kappa shape index (κ2) is 18.1. The van der Waals surface area contributed by atoms with E-state index in [0.29, 0.717) is 10.6 Å². The quantitative estimate of drug-likeness (QED) is 0.236. The molecular formula is C31H50N2O5S. The number of amides is 1. The van der Waals surface area contributed by atoms with E-state index in [2.05, 4.69) is 17.2 Å². The zero-order chi connectivity index (χ0) is 29.4. The fraction of sp³-hybridized carbons (Fsp3) is 0.710. The molecule has 220 valence electrons. The van der Waals surface area contributed by atoms with E-state index < -0.39 is 12.0 Å². The third-order valence-corrected chi connectivity index (χ3v) is 7.50. The van der Waals surface area contributed by atoms with E-state index in [0.717, 1.165) is 62.7 Å². The Labute approximate surface area is 239 Å². The van der Waals surface area contributed by atoms with Crippen molar-refractivity contribution in [1.82, 2.24) is 0 Å².